The molecule has 0 bridgehead atoms. The molecule has 0 unspecified atom stereocenters. The number of fused-ring (bicyclic) bond motifs is 3. The van der Waals surface area contributed by atoms with Crippen molar-refractivity contribution in [3.63, 3.8) is 0 Å². The van der Waals surface area contributed by atoms with Gasteiger partial charge in [0.15, 0.2) is 0 Å². The summed E-state index contributed by atoms with van der Waals surface area (Å²) in [6.45, 7) is 14.4. The largest absolute Gasteiger partial charge is 0.456 e. The van der Waals surface area contributed by atoms with Crippen LogP contribution in [-0.4, -0.2) is 6.21 Å². The van der Waals surface area contributed by atoms with Crippen LogP contribution in [-0.2, 0) is 0 Å². The van der Waals surface area contributed by atoms with Crippen LogP contribution < -0.4 is 4.90 Å². The second kappa shape index (κ2) is 16.4. The summed E-state index contributed by atoms with van der Waals surface area (Å²) in [6, 6.07) is 38.4. The van der Waals surface area contributed by atoms with Crippen molar-refractivity contribution in [1.82, 2.24) is 0 Å². The van der Waals surface area contributed by atoms with Gasteiger partial charge in [-0.25, -0.2) is 0 Å². The number of hydrogen-bond acceptors (Lipinski definition) is 3. The molecule has 6 rings (SSSR count). The number of furan rings is 1. The Hall–Kier alpha value is -5.67. The molecule has 0 saturated heterocycles. The van der Waals surface area contributed by atoms with Gasteiger partial charge in [-0.15, -0.1) is 0 Å². The molecule has 0 spiro atoms. The summed E-state index contributed by atoms with van der Waals surface area (Å²) in [5.74, 6) is 1.79. The Morgan fingerprint density at radius 1 is 0.673 bits per heavy atom. The third-order valence-corrected chi connectivity index (χ3v) is 8.53. The zero-order valence-electron chi connectivity index (χ0n) is 29.2. The van der Waals surface area contributed by atoms with Crippen molar-refractivity contribution in [2.75, 3.05) is 4.90 Å². The molecule has 0 aliphatic carbocycles. The van der Waals surface area contributed by atoms with E-state index < -0.39 is 0 Å². The van der Waals surface area contributed by atoms with Crippen LogP contribution >= 0.6 is 0 Å². The molecule has 246 valence electrons. The molecule has 1 N–H and O–H groups in total. The van der Waals surface area contributed by atoms with Crippen LogP contribution in [0, 0.1) is 5.41 Å². The molecule has 0 radical (unpaired) electrons. The van der Waals surface area contributed by atoms with E-state index in [1.165, 1.54) is 22.9 Å². The van der Waals surface area contributed by atoms with Crippen LogP contribution in [0.3, 0.4) is 0 Å². The quantitative estimate of drug-likeness (QED) is 0.119. The number of rotatable bonds is 10. The highest BCUT2D eigenvalue weighted by atomic mass is 16.3. The van der Waals surface area contributed by atoms with Crippen molar-refractivity contribution in [1.29, 1.82) is 5.41 Å². The van der Waals surface area contributed by atoms with Gasteiger partial charge in [0.25, 0.3) is 0 Å². The topological polar surface area (TPSA) is 40.2 Å². The Morgan fingerprint density at radius 3 is 1.86 bits per heavy atom. The van der Waals surface area contributed by atoms with Crippen molar-refractivity contribution in [3.8, 4) is 0 Å². The van der Waals surface area contributed by atoms with Gasteiger partial charge in [0.2, 0.25) is 0 Å². The maximum absolute atomic E-state index is 8.07. The molecule has 6 aromatic rings. The summed E-state index contributed by atoms with van der Waals surface area (Å²) >= 11 is 0. The highest BCUT2D eigenvalue weighted by Gasteiger charge is 2.21. The Kier molecular flexibility index (Phi) is 11.6. The molecule has 0 aliphatic rings. The highest BCUT2D eigenvalue weighted by Crippen LogP contribution is 2.43. The van der Waals surface area contributed by atoms with Gasteiger partial charge >= 0.3 is 0 Å². The van der Waals surface area contributed by atoms with E-state index >= 15 is 0 Å². The predicted octanol–water partition coefficient (Wildman–Crippen LogP) is 13.8. The number of nitrogens with one attached hydrogen (secondary N) is 1. The van der Waals surface area contributed by atoms with Crippen molar-refractivity contribution in [2.24, 2.45) is 0 Å². The van der Waals surface area contributed by atoms with Crippen LogP contribution in [0.4, 0.5) is 17.1 Å². The lowest BCUT2D eigenvalue weighted by Crippen LogP contribution is -2.10. The Balaban J connectivity index is 0.000000263. The second-order valence-electron chi connectivity index (χ2n) is 12.6. The van der Waals surface area contributed by atoms with Crippen molar-refractivity contribution < 1.29 is 4.42 Å². The molecular weight excluding hydrogens is 597 g/mol. The number of nitrogens with zero attached hydrogens (tertiary/aromatic N) is 1. The first kappa shape index (κ1) is 34.7. The molecule has 3 nitrogen and oxygen atoms in total. The minimum Gasteiger partial charge on any atom is -0.456 e. The van der Waals surface area contributed by atoms with Gasteiger partial charge in [-0.3, -0.25) is 0 Å². The van der Waals surface area contributed by atoms with Gasteiger partial charge in [-0.1, -0.05) is 150 Å². The van der Waals surface area contributed by atoms with E-state index in [-0.39, 0.29) is 0 Å². The SMILES string of the molecule is C/C=C\c1oc2cc(N(c3ccccc3)c3ccc(C(C)C)cc3)c3ccccc3c2c1C=N.C=C/C=C\C=C/c1ccc(C(C)C)cc1. The average molecular weight is 643 g/mol. The van der Waals surface area contributed by atoms with E-state index in [0.717, 1.165) is 44.4 Å². The lowest BCUT2D eigenvalue weighted by molar-refractivity contribution is 0.604. The summed E-state index contributed by atoms with van der Waals surface area (Å²) < 4.78 is 6.29. The number of hydrogen-bond donors (Lipinski definition) is 1. The minimum atomic E-state index is 0.476. The van der Waals surface area contributed by atoms with Crippen LogP contribution in [0.5, 0.6) is 0 Å². The van der Waals surface area contributed by atoms with E-state index in [4.69, 9.17) is 9.83 Å². The van der Waals surface area contributed by atoms with Crippen molar-refractivity contribution in [3.05, 3.63) is 174 Å². The molecule has 1 heterocycles. The van der Waals surface area contributed by atoms with Gasteiger partial charge in [0.05, 0.1) is 5.69 Å². The number of allylic oxidation sites excluding steroid dienone is 5. The molecule has 0 amide bonds. The molecule has 3 heteroatoms. The standard InChI is InChI=1S/C31H28N2O.C15H18/c1-4-10-29-27(20-32)31-26-14-9-8-13-25(26)28(19-30(31)34-29)33(23-11-6-5-7-12-23)24-17-15-22(16-18-24)21(2)3;1-4-5-6-7-8-14-9-11-15(12-10-14)13(2)3/h4-21,32H,1-3H3;4-13H,1H2,2-3H3/b10-4-,32-20?;6-5-,8-7-. The summed E-state index contributed by atoms with van der Waals surface area (Å²) in [4.78, 5) is 2.29. The van der Waals surface area contributed by atoms with Gasteiger partial charge in [0.1, 0.15) is 11.3 Å². The maximum Gasteiger partial charge on any atom is 0.138 e. The van der Waals surface area contributed by atoms with Gasteiger partial charge in [-0.2, -0.15) is 0 Å². The zero-order valence-corrected chi connectivity index (χ0v) is 29.2. The average Bonchev–Trinajstić information content (AvgIpc) is 3.48. The fourth-order valence-electron chi connectivity index (χ4n) is 5.90. The van der Waals surface area contributed by atoms with Crippen LogP contribution in [0.2, 0.25) is 0 Å². The highest BCUT2D eigenvalue weighted by molar-refractivity contribution is 6.19. The van der Waals surface area contributed by atoms with E-state index in [2.05, 4.69) is 142 Å². The van der Waals surface area contributed by atoms with E-state index in [1.54, 1.807) is 6.08 Å². The summed E-state index contributed by atoms with van der Waals surface area (Å²) in [5, 5.41) is 11.2. The normalized spacial score (nSPS) is 11.7. The monoisotopic (exact) mass is 642 g/mol. The lowest BCUT2D eigenvalue weighted by atomic mass is 9.99. The fraction of sp³-hybridized carbons (Fsp3) is 0.152. The van der Waals surface area contributed by atoms with E-state index in [1.807, 2.05) is 49.4 Å². The summed E-state index contributed by atoms with van der Waals surface area (Å²) in [6.07, 6.45) is 15.0. The first-order chi connectivity index (χ1) is 23.9. The molecule has 0 aliphatic heterocycles. The lowest BCUT2D eigenvalue weighted by Gasteiger charge is -2.27. The smallest absolute Gasteiger partial charge is 0.138 e. The summed E-state index contributed by atoms with van der Waals surface area (Å²) in [7, 11) is 0. The second-order valence-corrected chi connectivity index (χ2v) is 12.6. The van der Waals surface area contributed by atoms with Crippen molar-refractivity contribution in [2.45, 2.75) is 46.5 Å². The molecule has 0 fully saturated rings. The third-order valence-electron chi connectivity index (χ3n) is 8.53. The molecular formula is C46H46N2O. The molecule has 1 aromatic heterocycles. The number of benzene rings is 5. The zero-order chi connectivity index (χ0) is 34.8. The number of anilines is 3. The van der Waals surface area contributed by atoms with Crippen LogP contribution in [0.15, 0.2) is 151 Å². The Labute approximate surface area is 291 Å². The predicted molar refractivity (Wildman–Crippen MR) is 214 cm³/mol. The van der Waals surface area contributed by atoms with Crippen LogP contribution in [0.25, 0.3) is 33.9 Å². The van der Waals surface area contributed by atoms with Gasteiger partial charge in [-0.05, 0) is 71.2 Å². The first-order valence-corrected chi connectivity index (χ1v) is 17.0. The third kappa shape index (κ3) is 8.08. The number of para-hydroxylation sites is 1. The maximum atomic E-state index is 8.07. The molecule has 0 saturated carbocycles. The van der Waals surface area contributed by atoms with E-state index in [0.29, 0.717) is 17.6 Å². The van der Waals surface area contributed by atoms with E-state index in [9.17, 15) is 0 Å². The summed E-state index contributed by atoms with van der Waals surface area (Å²) in [5.41, 5.74) is 8.73. The first-order valence-electron chi connectivity index (χ1n) is 17.0. The fourth-order valence-corrected chi connectivity index (χ4v) is 5.90. The molecule has 5 aromatic carbocycles. The Morgan fingerprint density at radius 2 is 1.27 bits per heavy atom. The van der Waals surface area contributed by atoms with Gasteiger partial charge in [0, 0.05) is 40.0 Å². The Bertz CT molecular complexity index is 2090. The minimum absolute atomic E-state index is 0.476. The van der Waals surface area contributed by atoms with Crippen molar-refractivity contribution >= 4 is 57.2 Å². The molecule has 0 atom stereocenters. The van der Waals surface area contributed by atoms with Gasteiger partial charge < -0.3 is 14.7 Å². The van der Waals surface area contributed by atoms with Crippen LogP contribution in [0.1, 0.15) is 74.5 Å². The molecule has 49 heavy (non-hydrogen) atoms.